The number of aromatic nitrogens is 1. The zero-order valence-electron chi connectivity index (χ0n) is 14.3. The fourth-order valence-electron chi connectivity index (χ4n) is 3.60. The third-order valence-corrected chi connectivity index (χ3v) is 5.16. The molecule has 1 saturated carbocycles. The minimum Gasteiger partial charge on any atom is -0.496 e. The van der Waals surface area contributed by atoms with Crippen LogP contribution >= 0.6 is 0 Å². The molecule has 4 nitrogen and oxygen atoms in total. The van der Waals surface area contributed by atoms with Crippen molar-refractivity contribution in [3.05, 3.63) is 65.9 Å². The highest BCUT2D eigenvalue weighted by molar-refractivity contribution is 5.97. The van der Waals surface area contributed by atoms with E-state index in [9.17, 15) is 4.79 Å². The van der Waals surface area contributed by atoms with Crippen molar-refractivity contribution in [1.29, 1.82) is 0 Å². The first kappa shape index (κ1) is 15.8. The molecule has 0 bridgehead atoms. The van der Waals surface area contributed by atoms with Crippen LogP contribution in [0, 0.1) is 0 Å². The number of benzene rings is 2. The summed E-state index contributed by atoms with van der Waals surface area (Å²) >= 11 is 0. The summed E-state index contributed by atoms with van der Waals surface area (Å²) in [5.41, 5.74) is 2.96. The Hall–Kier alpha value is -2.75. The largest absolute Gasteiger partial charge is 0.496 e. The molecule has 0 aliphatic heterocycles. The number of fused-ring (bicyclic) bond motifs is 1. The number of carbonyl (C=O) groups excluding carboxylic acids is 1. The normalized spacial score (nSPS) is 15.1. The van der Waals surface area contributed by atoms with Gasteiger partial charge >= 0.3 is 0 Å². The Morgan fingerprint density at radius 1 is 1.16 bits per heavy atom. The molecule has 128 valence electrons. The molecular formula is C21H22N2O2. The lowest BCUT2D eigenvalue weighted by Gasteiger charge is -2.15. The summed E-state index contributed by atoms with van der Waals surface area (Å²) in [7, 11) is 1.67. The van der Waals surface area contributed by atoms with E-state index in [0.29, 0.717) is 6.54 Å². The monoisotopic (exact) mass is 334 g/mol. The van der Waals surface area contributed by atoms with Crippen molar-refractivity contribution in [3.63, 3.8) is 0 Å². The van der Waals surface area contributed by atoms with Gasteiger partial charge in [0.1, 0.15) is 5.75 Å². The third kappa shape index (κ3) is 2.78. The van der Waals surface area contributed by atoms with Gasteiger partial charge in [0.2, 0.25) is 5.91 Å². The second-order valence-corrected chi connectivity index (χ2v) is 6.65. The van der Waals surface area contributed by atoms with Crippen LogP contribution in [0.5, 0.6) is 5.75 Å². The van der Waals surface area contributed by atoms with E-state index in [2.05, 4.69) is 22.4 Å². The number of H-pyrrole nitrogens is 1. The molecule has 1 amide bonds. The lowest BCUT2D eigenvalue weighted by molar-refractivity contribution is -0.123. The first-order valence-corrected chi connectivity index (χ1v) is 8.71. The van der Waals surface area contributed by atoms with Crippen molar-refractivity contribution in [2.45, 2.75) is 24.7 Å². The maximum Gasteiger partial charge on any atom is 0.230 e. The molecule has 1 fully saturated rings. The van der Waals surface area contributed by atoms with Crippen LogP contribution in [0.2, 0.25) is 0 Å². The Labute approximate surface area is 147 Å². The average molecular weight is 334 g/mol. The summed E-state index contributed by atoms with van der Waals surface area (Å²) in [6.45, 7) is 0.614. The summed E-state index contributed by atoms with van der Waals surface area (Å²) in [5.74, 6) is 1.00. The van der Waals surface area contributed by atoms with E-state index in [-0.39, 0.29) is 11.3 Å². The molecule has 2 N–H and O–H groups in total. The van der Waals surface area contributed by atoms with Crippen molar-refractivity contribution in [2.24, 2.45) is 0 Å². The molecule has 4 rings (SSSR count). The van der Waals surface area contributed by atoms with Gasteiger partial charge in [0.05, 0.1) is 12.5 Å². The highest BCUT2D eigenvalue weighted by atomic mass is 16.5. The van der Waals surface area contributed by atoms with Crippen LogP contribution < -0.4 is 10.1 Å². The van der Waals surface area contributed by atoms with Crippen LogP contribution in [0.3, 0.4) is 0 Å². The standard InChI is InChI=1S/C21H22N2O2/c1-25-19-9-5-2-6-15(19)10-13-22-20(24)21(11-12-21)17-14-23-18-8-4-3-7-16(17)18/h2-9,14,23H,10-13H2,1H3,(H,22,24). The van der Waals surface area contributed by atoms with E-state index in [1.807, 2.05) is 42.6 Å². The van der Waals surface area contributed by atoms with Crippen molar-refractivity contribution < 1.29 is 9.53 Å². The van der Waals surface area contributed by atoms with Crippen LogP contribution in [0.4, 0.5) is 0 Å². The Morgan fingerprint density at radius 3 is 2.72 bits per heavy atom. The van der Waals surface area contributed by atoms with E-state index in [1.54, 1.807) is 7.11 Å². The molecule has 4 heteroatoms. The van der Waals surface area contributed by atoms with Gasteiger partial charge in [-0.2, -0.15) is 0 Å². The maximum atomic E-state index is 12.9. The van der Waals surface area contributed by atoms with Gasteiger partial charge in [-0.05, 0) is 42.5 Å². The summed E-state index contributed by atoms with van der Waals surface area (Å²) in [6.07, 6.45) is 4.59. The topological polar surface area (TPSA) is 54.1 Å². The molecule has 1 aromatic heterocycles. The van der Waals surface area contributed by atoms with E-state index in [4.69, 9.17) is 4.74 Å². The Kier molecular flexibility index (Phi) is 3.96. The Balaban J connectivity index is 1.46. The molecule has 1 aliphatic rings. The number of nitrogens with one attached hydrogen (secondary N) is 2. The van der Waals surface area contributed by atoms with E-state index in [0.717, 1.165) is 47.0 Å². The van der Waals surface area contributed by atoms with Crippen LogP contribution in [0.1, 0.15) is 24.0 Å². The van der Waals surface area contributed by atoms with E-state index < -0.39 is 0 Å². The lowest BCUT2D eigenvalue weighted by atomic mass is 9.94. The predicted octanol–water partition coefficient (Wildman–Crippen LogP) is 3.57. The molecule has 0 radical (unpaired) electrons. The third-order valence-electron chi connectivity index (χ3n) is 5.16. The van der Waals surface area contributed by atoms with Gasteiger partial charge in [-0.15, -0.1) is 0 Å². The molecule has 1 heterocycles. The van der Waals surface area contributed by atoms with Crippen molar-refractivity contribution in [3.8, 4) is 5.75 Å². The van der Waals surface area contributed by atoms with Gasteiger partial charge in [-0.25, -0.2) is 0 Å². The van der Waals surface area contributed by atoms with Crippen LogP contribution in [0.25, 0.3) is 10.9 Å². The van der Waals surface area contributed by atoms with Crippen molar-refractivity contribution in [2.75, 3.05) is 13.7 Å². The zero-order chi connectivity index (χ0) is 17.3. The van der Waals surface area contributed by atoms with Crippen molar-refractivity contribution >= 4 is 16.8 Å². The molecule has 0 atom stereocenters. The maximum absolute atomic E-state index is 12.9. The van der Waals surface area contributed by atoms with E-state index in [1.165, 1.54) is 0 Å². The van der Waals surface area contributed by atoms with Gasteiger partial charge in [0.25, 0.3) is 0 Å². The number of carbonyl (C=O) groups is 1. The lowest BCUT2D eigenvalue weighted by Crippen LogP contribution is -2.35. The number of rotatable bonds is 6. The summed E-state index contributed by atoms with van der Waals surface area (Å²) in [4.78, 5) is 16.1. The van der Waals surface area contributed by atoms with Gasteiger partial charge in [0, 0.05) is 23.6 Å². The smallest absolute Gasteiger partial charge is 0.230 e. The Bertz CT molecular complexity index is 909. The highest BCUT2D eigenvalue weighted by Gasteiger charge is 2.52. The molecule has 3 aromatic rings. The number of methoxy groups -OCH3 is 1. The summed E-state index contributed by atoms with van der Waals surface area (Å²) in [6, 6.07) is 16.1. The molecule has 0 saturated heterocycles. The summed E-state index contributed by atoms with van der Waals surface area (Å²) < 4.78 is 5.37. The first-order valence-electron chi connectivity index (χ1n) is 8.71. The van der Waals surface area contributed by atoms with Crippen molar-refractivity contribution in [1.82, 2.24) is 10.3 Å². The number of ether oxygens (including phenoxy) is 1. The number of hydrogen-bond acceptors (Lipinski definition) is 2. The molecule has 1 aliphatic carbocycles. The highest BCUT2D eigenvalue weighted by Crippen LogP contribution is 2.50. The molecule has 0 spiro atoms. The molecular weight excluding hydrogens is 312 g/mol. The average Bonchev–Trinajstić information content (AvgIpc) is 3.35. The van der Waals surface area contributed by atoms with Crippen LogP contribution in [0.15, 0.2) is 54.7 Å². The Morgan fingerprint density at radius 2 is 1.92 bits per heavy atom. The van der Waals surface area contributed by atoms with Gasteiger partial charge in [-0.3, -0.25) is 4.79 Å². The van der Waals surface area contributed by atoms with Crippen LogP contribution in [-0.2, 0) is 16.6 Å². The fourth-order valence-corrected chi connectivity index (χ4v) is 3.60. The predicted molar refractivity (Wildman–Crippen MR) is 98.9 cm³/mol. The van der Waals surface area contributed by atoms with Crippen LogP contribution in [-0.4, -0.2) is 24.5 Å². The first-order chi connectivity index (χ1) is 12.2. The quantitative estimate of drug-likeness (QED) is 0.724. The molecule has 25 heavy (non-hydrogen) atoms. The van der Waals surface area contributed by atoms with Gasteiger partial charge < -0.3 is 15.0 Å². The fraction of sp³-hybridized carbons (Fsp3) is 0.286. The minimum atomic E-state index is -0.361. The second kappa shape index (κ2) is 6.28. The van der Waals surface area contributed by atoms with Gasteiger partial charge in [-0.1, -0.05) is 36.4 Å². The SMILES string of the molecule is COc1ccccc1CCNC(=O)C1(c2c[nH]c3ccccc23)CC1. The number of aromatic amines is 1. The minimum absolute atomic E-state index is 0.132. The number of para-hydroxylation sites is 2. The molecule has 2 aromatic carbocycles. The second-order valence-electron chi connectivity index (χ2n) is 6.65. The summed E-state index contributed by atoms with van der Waals surface area (Å²) in [5, 5.41) is 4.28. The zero-order valence-corrected chi connectivity index (χ0v) is 14.3. The number of hydrogen-bond donors (Lipinski definition) is 2. The van der Waals surface area contributed by atoms with E-state index >= 15 is 0 Å². The molecule has 0 unspecified atom stereocenters. The number of amides is 1. The van der Waals surface area contributed by atoms with Gasteiger partial charge in [0.15, 0.2) is 0 Å².